The van der Waals surface area contributed by atoms with Crippen molar-refractivity contribution in [3.8, 4) is 0 Å². The molecule has 2 amide bonds. The monoisotopic (exact) mass is 505 g/mol. The summed E-state index contributed by atoms with van der Waals surface area (Å²) in [5, 5.41) is 4.11. The van der Waals surface area contributed by atoms with Crippen LogP contribution in [0.4, 0.5) is 5.69 Å². The molecule has 3 aromatic rings. The fraction of sp³-hybridized carbons (Fsp3) is 0.452. The van der Waals surface area contributed by atoms with Crippen molar-refractivity contribution < 1.29 is 9.59 Å². The predicted octanol–water partition coefficient (Wildman–Crippen LogP) is 6.38. The van der Waals surface area contributed by atoms with Crippen LogP contribution in [-0.4, -0.2) is 16.4 Å². The quantitative estimate of drug-likeness (QED) is 0.421. The average Bonchev–Trinajstić information content (AvgIpc) is 2.82. The Hall–Kier alpha value is -3.41. The summed E-state index contributed by atoms with van der Waals surface area (Å²) in [6.07, 6.45) is 5.26. The van der Waals surface area contributed by atoms with Gasteiger partial charge in [0, 0.05) is 29.1 Å². The Labute approximate surface area is 221 Å². The van der Waals surface area contributed by atoms with Crippen LogP contribution in [0.15, 0.2) is 71.7 Å². The summed E-state index contributed by atoms with van der Waals surface area (Å²) in [7, 11) is 0. The van der Waals surface area contributed by atoms with Gasteiger partial charge in [-0.2, -0.15) is 0 Å². The van der Waals surface area contributed by atoms with Crippen LogP contribution >= 0.6 is 0 Å². The van der Waals surface area contributed by atoms with Crippen molar-refractivity contribution >= 4 is 28.3 Å². The van der Waals surface area contributed by atoms with Crippen molar-refractivity contribution in [3.63, 3.8) is 0 Å². The molecule has 0 spiro atoms. The van der Waals surface area contributed by atoms with E-state index in [-0.39, 0.29) is 28.8 Å². The third kappa shape index (κ3) is 9.19. The third-order valence-electron chi connectivity index (χ3n) is 6.40. The summed E-state index contributed by atoms with van der Waals surface area (Å²) < 4.78 is 1.28. The second-order valence-corrected chi connectivity index (χ2v) is 11.2. The van der Waals surface area contributed by atoms with Gasteiger partial charge in [-0.1, -0.05) is 84.0 Å². The Morgan fingerprint density at radius 2 is 1.43 bits per heavy atom. The van der Waals surface area contributed by atoms with E-state index >= 15 is 0 Å². The van der Waals surface area contributed by atoms with Crippen molar-refractivity contribution in [2.24, 2.45) is 22.5 Å². The van der Waals surface area contributed by atoms with Gasteiger partial charge in [-0.3, -0.25) is 14.4 Å². The van der Waals surface area contributed by atoms with Gasteiger partial charge in [0.05, 0.1) is 0 Å². The Kier molecular flexibility index (Phi) is 10.7. The van der Waals surface area contributed by atoms with E-state index in [1.165, 1.54) is 17.2 Å². The van der Waals surface area contributed by atoms with Crippen LogP contribution in [0.5, 0.6) is 0 Å². The predicted molar refractivity (Wildman–Crippen MR) is 153 cm³/mol. The lowest BCUT2D eigenvalue weighted by atomic mass is 9.61. The van der Waals surface area contributed by atoms with Crippen LogP contribution in [0.2, 0.25) is 0 Å². The first-order valence-corrected chi connectivity index (χ1v) is 13.2. The number of primary amides is 1. The van der Waals surface area contributed by atoms with Crippen molar-refractivity contribution in [2.75, 3.05) is 5.32 Å². The Bertz CT molecular complexity index is 1190. The summed E-state index contributed by atoms with van der Waals surface area (Å²) in [4.78, 5) is 36.5. The minimum absolute atomic E-state index is 0.0303. The molecule has 1 aliphatic carbocycles. The fourth-order valence-corrected chi connectivity index (χ4v) is 5.79. The molecule has 0 atom stereocenters. The van der Waals surface area contributed by atoms with Crippen LogP contribution in [0, 0.1) is 16.7 Å². The zero-order valence-electron chi connectivity index (χ0n) is 23.2. The molecule has 1 heterocycles. The standard InChI is InChI=1S/C23H31N3O3.C6H6.C2H6/c1-22(2)11-15(12-23(3,4)14-22)10-20(28)25-18-7-5-6-17-16(18)8-9-26(21(17)29)13-19(24)27;1-2-4-6-5-3-1;1-2/h5-9,15H,10-14H2,1-4H3,(H2,24,27)(H,25,28);1-6H;1-2H3. The van der Waals surface area contributed by atoms with Crippen molar-refractivity contribution in [1.29, 1.82) is 0 Å². The number of anilines is 1. The zero-order valence-corrected chi connectivity index (χ0v) is 23.2. The van der Waals surface area contributed by atoms with Gasteiger partial charge in [0.25, 0.3) is 5.56 Å². The number of rotatable bonds is 5. The average molecular weight is 506 g/mol. The number of pyridine rings is 1. The molecule has 1 saturated carbocycles. The Balaban J connectivity index is 0.000000519. The van der Waals surface area contributed by atoms with E-state index in [9.17, 15) is 14.4 Å². The van der Waals surface area contributed by atoms with Gasteiger partial charge in [-0.05, 0) is 54.2 Å². The molecule has 6 nitrogen and oxygen atoms in total. The van der Waals surface area contributed by atoms with E-state index in [1.54, 1.807) is 24.3 Å². The van der Waals surface area contributed by atoms with Crippen LogP contribution in [-0.2, 0) is 16.1 Å². The normalized spacial score (nSPS) is 15.9. The number of hydrogen-bond acceptors (Lipinski definition) is 3. The largest absolute Gasteiger partial charge is 0.368 e. The van der Waals surface area contributed by atoms with Gasteiger partial charge >= 0.3 is 0 Å². The smallest absolute Gasteiger partial charge is 0.258 e. The van der Waals surface area contributed by atoms with Crippen LogP contribution in [0.25, 0.3) is 10.8 Å². The van der Waals surface area contributed by atoms with Gasteiger partial charge in [0.1, 0.15) is 6.54 Å². The second-order valence-electron chi connectivity index (χ2n) is 11.2. The number of carbonyl (C=O) groups excluding carboxylic acids is 2. The topological polar surface area (TPSA) is 94.2 Å². The summed E-state index contributed by atoms with van der Waals surface area (Å²) in [5.41, 5.74) is 5.99. The van der Waals surface area contributed by atoms with E-state index in [0.717, 1.165) is 12.8 Å². The number of nitrogens with one attached hydrogen (secondary N) is 1. The van der Waals surface area contributed by atoms with E-state index in [0.29, 0.717) is 28.8 Å². The highest BCUT2D eigenvalue weighted by Gasteiger charge is 2.38. The number of benzene rings is 2. The van der Waals surface area contributed by atoms with E-state index in [1.807, 2.05) is 50.2 Å². The van der Waals surface area contributed by atoms with Crippen molar-refractivity contribution in [1.82, 2.24) is 4.57 Å². The number of amides is 2. The number of carbonyl (C=O) groups is 2. The van der Waals surface area contributed by atoms with Crippen molar-refractivity contribution in [3.05, 3.63) is 77.2 Å². The number of nitrogens with zero attached hydrogens (tertiary/aromatic N) is 1. The molecule has 0 bridgehead atoms. The van der Waals surface area contributed by atoms with Gasteiger partial charge in [-0.25, -0.2) is 0 Å². The van der Waals surface area contributed by atoms with Gasteiger partial charge in [0.2, 0.25) is 11.8 Å². The van der Waals surface area contributed by atoms with E-state index in [2.05, 4.69) is 33.0 Å². The summed E-state index contributed by atoms with van der Waals surface area (Å²) in [5.74, 6) is -0.261. The highest BCUT2D eigenvalue weighted by atomic mass is 16.2. The van der Waals surface area contributed by atoms with E-state index < -0.39 is 5.91 Å². The molecule has 4 rings (SSSR count). The molecule has 0 radical (unpaired) electrons. The second kappa shape index (κ2) is 13.2. The third-order valence-corrected chi connectivity index (χ3v) is 6.40. The highest BCUT2D eigenvalue weighted by molar-refractivity contribution is 6.01. The first-order valence-electron chi connectivity index (χ1n) is 13.2. The number of fused-ring (bicyclic) bond motifs is 1. The molecule has 37 heavy (non-hydrogen) atoms. The maximum atomic E-state index is 12.8. The lowest BCUT2D eigenvalue weighted by Crippen LogP contribution is -2.35. The zero-order chi connectivity index (χ0) is 27.6. The summed E-state index contributed by atoms with van der Waals surface area (Å²) in [6.45, 7) is 12.9. The molecular weight excluding hydrogens is 462 g/mol. The van der Waals surface area contributed by atoms with Gasteiger partial charge < -0.3 is 15.6 Å². The SMILES string of the molecule is CC.CC1(C)CC(CC(=O)Nc2cccc3c(=O)n(CC(N)=O)ccc23)CC(C)(C)C1.c1ccccc1. The molecule has 0 aliphatic heterocycles. The molecule has 6 heteroatoms. The molecule has 1 fully saturated rings. The lowest BCUT2D eigenvalue weighted by Gasteiger charge is -2.45. The minimum Gasteiger partial charge on any atom is -0.368 e. The maximum absolute atomic E-state index is 12.8. The number of hydrogen-bond donors (Lipinski definition) is 2. The Morgan fingerprint density at radius 3 is 1.95 bits per heavy atom. The van der Waals surface area contributed by atoms with Crippen molar-refractivity contribution in [2.45, 2.75) is 73.8 Å². The Morgan fingerprint density at radius 1 is 0.892 bits per heavy atom. The van der Waals surface area contributed by atoms with Crippen LogP contribution < -0.4 is 16.6 Å². The van der Waals surface area contributed by atoms with E-state index in [4.69, 9.17) is 5.73 Å². The van der Waals surface area contributed by atoms with Crippen LogP contribution in [0.1, 0.15) is 67.2 Å². The molecule has 1 aromatic heterocycles. The number of aromatic nitrogens is 1. The van der Waals surface area contributed by atoms with Gasteiger partial charge in [-0.15, -0.1) is 0 Å². The maximum Gasteiger partial charge on any atom is 0.258 e. The summed E-state index contributed by atoms with van der Waals surface area (Å²) >= 11 is 0. The molecule has 3 N–H and O–H groups in total. The fourth-order valence-electron chi connectivity index (χ4n) is 5.79. The molecule has 0 saturated heterocycles. The minimum atomic E-state index is -0.575. The molecule has 2 aromatic carbocycles. The number of nitrogens with two attached hydrogens (primary N) is 1. The van der Waals surface area contributed by atoms with Gasteiger partial charge in [0.15, 0.2) is 0 Å². The molecular formula is C31H43N3O3. The van der Waals surface area contributed by atoms with Crippen LogP contribution in [0.3, 0.4) is 0 Å². The summed E-state index contributed by atoms with van der Waals surface area (Å²) in [6, 6.07) is 19.0. The first kappa shape index (κ1) is 29.8. The first-order chi connectivity index (χ1) is 17.5. The lowest BCUT2D eigenvalue weighted by molar-refractivity contribution is -0.119. The molecule has 1 aliphatic rings. The highest BCUT2D eigenvalue weighted by Crippen LogP contribution is 2.49. The molecule has 0 unspecified atom stereocenters. The molecule has 200 valence electrons.